The number of hydrogen-bond acceptors (Lipinski definition) is 5. The second-order valence-electron chi connectivity index (χ2n) is 6.43. The fourth-order valence-electron chi connectivity index (χ4n) is 3.55. The monoisotopic (exact) mass is 314 g/mol. The van der Waals surface area contributed by atoms with E-state index in [2.05, 4.69) is 9.80 Å². The maximum absolute atomic E-state index is 6.09. The lowest BCUT2D eigenvalue weighted by Crippen LogP contribution is -2.55. The lowest BCUT2D eigenvalue weighted by molar-refractivity contribution is -0.00883. The molecule has 0 atom stereocenters. The summed E-state index contributed by atoms with van der Waals surface area (Å²) in [5.41, 5.74) is 0. The quantitative estimate of drug-likeness (QED) is 0.736. The fourth-order valence-corrected chi connectivity index (χ4v) is 6.03. The largest absolute Gasteiger partial charge is 0.501 e. The zero-order valence-electron chi connectivity index (χ0n) is 13.2. The third-order valence-corrected chi connectivity index (χ3v) is 7.74. The van der Waals surface area contributed by atoms with E-state index in [-0.39, 0.29) is 0 Å². The summed E-state index contributed by atoms with van der Waals surface area (Å²) in [6.45, 7) is 9.14. The molecule has 4 rings (SSSR count). The van der Waals surface area contributed by atoms with E-state index in [0.29, 0.717) is 0 Å². The van der Waals surface area contributed by atoms with Crippen molar-refractivity contribution in [1.82, 2.24) is 9.80 Å². The first kappa shape index (κ1) is 15.9. The number of nitrogens with zero attached hydrogens (tertiary/aromatic N) is 2. The van der Waals surface area contributed by atoms with Gasteiger partial charge in [0.1, 0.15) is 0 Å². The summed E-state index contributed by atoms with van der Waals surface area (Å²) >= 11 is 0. The molecule has 0 amide bonds. The van der Waals surface area contributed by atoms with E-state index < -0.39 is 8.80 Å². The summed E-state index contributed by atoms with van der Waals surface area (Å²) in [4.78, 5) is 4.99. The number of hydrogen-bond donors (Lipinski definition) is 0. The third kappa shape index (κ3) is 4.74. The van der Waals surface area contributed by atoms with Gasteiger partial charge in [-0.1, -0.05) is 12.8 Å². The van der Waals surface area contributed by atoms with Crippen LogP contribution in [-0.4, -0.2) is 77.7 Å². The van der Waals surface area contributed by atoms with Gasteiger partial charge in [-0.3, -0.25) is 4.90 Å². The number of likely N-dealkylation sites (tertiary alicyclic amines) is 1. The standard InChI is InChI=1S/C15H30N2O3Si/c1-2-4-7-16(6-3-1)8-5-15-21-18-12-9-17(10-13-19-21)11-14-20-21/h1-15H2. The zero-order chi connectivity index (χ0) is 14.4. The van der Waals surface area contributed by atoms with Crippen molar-refractivity contribution in [3.05, 3.63) is 0 Å². The lowest BCUT2D eigenvalue weighted by Gasteiger charge is -2.38. The number of rotatable bonds is 4. The minimum atomic E-state index is -2.38. The van der Waals surface area contributed by atoms with E-state index in [1.165, 1.54) is 45.3 Å². The maximum atomic E-state index is 6.09. The Hall–Kier alpha value is 0.0169. The lowest BCUT2D eigenvalue weighted by atomic mass is 10.2. The molecule has 0 N–H and O–H groups in total. The van der Waals surface area contributed by atoms with Crippen molar-refractivity contribution in [3.8, 4) is 0 Å². The van der Waals surface area contributed by atoms with Crippen molar-refractivity contribution in [3.63, 3.8) is 0 Å². The molecule has 4 fully saturated rings. The van der Waals surface area contributed by atoms with Crippen LogP contribution >= 0.6 is 0 Å². The molecule has 0 aromatic heterocycles. The predicted octanol–water partition coefficient (Wildman–Crippen LogP) is 1.57. The average Bonchev–Trinajstić information content (AvgIpc) is 2.68. The van der Waals surface area contributed by atoms with Crippen molar-refractivity contribution in [1.29, 1.82) is 0 Å². The van der Waals surface area contributed by atoms with E-state index in [1.54, 1.807) is 0 Å². The fraction of sp³-hybridized carbons (Fsp3) is 1.00. The summed E-state index contributed by atoms with van der Waals surface area (Å²) in [6, 6.07) is 0.990. The van der Waals surface area contributed by atoms with Gasteiger partial charge in [0.15, 0.2) is 0 Å². The first-order chi connectivity index (χ1) is 10.4. The Balaban J connectivity index is 1.47. The van der Waals surface area contributed by atoms with Crippen LogP contribution in [0.4, 0.5) is 0 Å². The molecule has 0 saturated carbocycles. The van der Waals surface area contributed by atoms with Gasteiger partial charge in [-0.15, -0.1) is 0 Å². The summed E-state index contributed by atoms with van der Waals surface area (Å²) in [7, 11) is -2.38. The minimum Gasteiger partial charge on any atom is -0.372 e. The second kappa shape index (κ2) is 8.03. The maximum Gasteiger partial charge on any atom is 0.501 e. The predicted molar refractivity (Wildman–Crippen MR) is 84.4 cm³/mol. The summed E-state index contributed by atoms with van der Waals surface area (Å²) in [5.74, 6) is 0. The first-order valence-electron chi connectivity index (χ1n) is 8.73. The van der Waals surface area contributed by atoms with Crippen LogP contribution in [0.3, 0.4) is 0 Å². The second-order valence-corrected chi connectivity index (χ2v) is 9.16. The third-order valence-electron chi connectivity index (χ3n) is 4.84. The van der Waals surface area contributed by atoms with Crippen molar-refractivity contribution >= 4 is 8.80 Å². The van der Waals surface area contributed by atoms with Crippen LogP contribution in [0.25, 0.3) is 0 Å². The van der Waals surface area contributed by atoms with Crippen LogP contribution in [0.5, 0.6) is 0 Å². The molecular formula is C15H30N2O3Si. The van der Waals surface area contributed by atoms with Gasteiger partial charge in [0.25, 0.3) is 0 Å². The van der Waals surface area contributed by atoms with Crippen LogP contribution in [0.1, 0.15) is 32.1 Å². The van der Waals surface area contributed by atoms with Crippen LogP contribution in [0.15, 0.2) is 0 Å². The van der Waals surface area contributed by atoms with Gasteiger partial charge in [-0.05, 0) is 38.9 Å². The average molecular weight is 315 g/mol. The Morgan fingerprint density at radius 3 is 1.86 bits per heavy atom. The summed E-state index contributed by atoms with van der Waals surface area (Å²) in [6.07, 6.45) is 6.68. The van der Waals surface area contributed by atoms with Gasteiger partial charge in [-0.25, -0.2) is 0 Å². The molecule has 5 nitrogen and oxygen atoms in total. The molecule has 4 heterocycles. The molecule has 0 aromatic carbocycles. The number of fused-ring (bicyclic) bond motifs is 6. The van der Waals surface area contributed by atoms with Crippen molar-refractivity contribution in [2.45, 2.75) is 38.1 Å². The van der Waals surface area contributed by atoms with E-state index in [9.17, 15) is 0 Å². The molecule has 4 aliphatic rings. The van der Waals surface area contributed by atoms with Gasteiger partial charge in [0.05, 0.1) is 19.8 Å². The van der Waals surface area contributed by atoms with Gasteiger partial charge in [0.2, 0.25) is 0 Å². The van der Waals surface area contributed by atoms with Crippen LogP contribution in [0.2, 0.25) is 6.04 Å². The molecular weight excluding hydrogens is 284 g/mol. The molecule has 0 spiro atoms. The van der Waals surface area contributed by atoms with Crippen LogP contribution in [0, 0.1) is 0 Å². The van der Waals surface area contributed by atoms with Gasteiger partial charge < -0.3 is 18.2 Å². The molecule has 0 aliphatic carbocycles. The van der Waals surface area contributed by atoms with E-state index in [1.807, 2.05) is 0 Å². The van der Waals surface area contributed by atoms with Crippen LogP contribution in [-0.2, 0) is 13.3 Å². The SMILES string of the molecule is C1CCCN(CCC[Si]23OCCN(CCO2)CCO3)CC1. The Kier molecular flexibility index (Phi) is 6.08. The molecule has 0 aromatic rings. The smallest absolute Gasteiger partial charge is 0.372 e. The van der Waals surface area contributed by atoms with Gasteiger partial charge in [-0.2, -0.15) is 0 Å². The van der Waals surface area contributed by atoms with E-state index >= 15 is 0 Å². The summed E-state index contributed by atoms with van der Waals surface area (Å²) < 4.78 is 18.3. The minimum absolute atomic E-state index is 0.774. The van der Waals surface area contributed by atoms with Gasteiger partial charge >= 0.3 is 8.80 Å². The zero-order valence-corrected chi connectivity index (χ0v) is 14.2. The highest BCUT2D eigenvalue weighted by molar-refractivity contribution is 6.60. The molecule has 2 bridgehead atoms. The summed E-state index contributed by atoms with van der Waals surface area (Å²) in [5, 5.41) is 0. The van der Waals surface area contributed by atoms with Crippen molar-refractivity contribution < 1.29 is 13.3 Å². The Labute approximate surface area is 129 Å². The topological polar surface area (TPSA) is 34.2 Å². The van der Waals surface area contributed by atoms with E-state index in [4.69, 9.17) is 13.3 Å². The molecule has 0 unspecified atom stereocenters. The molecule has 4 saturated heterocycles. The molecule has 4 aliphatic heterocycles. The molecule has 122 valence electrons. The normalized spacial score (nSPS) is 35.7. The Morgan fingerprint density at radius 1 is 0.714 bits per heavy atom. The Morgan fingerprint density at radius 2 is 1.29 bits per heavy atom. The van der Waals surface area contributed by atoms with Crippen molar-refractivity contribution in [2.24, 2.45) is 0 Å². The highest BCUT2D eigenvalue weighted by Crippen LogP contribution is 2.22. The van der Waals surface area contributed by atoms with Gasteiger partial charge in [0, 0.05) is 25.7 Å². The molecule has 6 heteroatoms. The van der Waals surface area contributed by atoms with Crippen LogP contribution < -0.4 is 0 Å². The Bertz CT molecular complexity index is 285. The first-order valence-corrected chi connectivity index (χ1v) is 10.7. The highest BCUT2D eigenvalue weighted by Gasteiger charge is 2.43. The van der Waals surface area contributed by atoms with E-state index in [0.717, 1.165) is 51.9 Å². The van der Waals surface area contributed by atoms with Crippen molar-refractivity contribution in [2.75, 3.05) is 59.1 Å². The highest BCUT2D eigenvalue weighted by atomic mass is 28.4. The molecule has 21 heavy (non-hydrogen) atoms. The molecule has 0 radical (unpaired) electrons.